The van der Waals surface area contributed by atoms with Crippen molar-refractivity contribution in [3.63, 3.8) is 0 Å². The number of rotatable bonds is 6. The van der Waals surface area contributed by atoms with Crippen molar-refractivity contribution in [2.45, 2.75) is 12.1 Å². The number of thioether (sulfide) groups is 1. The Hall–Kier alpha value is -2.84. The van der Waals surface area contributed by atoms with E-state index < -0.39 is 5.97 Å². The number of ether oxygens (including phenoxy) is 1. The summed E-state index contributed by atoms with van der Waals surface area (Å²) in [6.07, 6.45) is 0. The molecule has 1 aromatic heterocycles. The van der Waals surface area contributed by atoms with Gasteiger partial charge in [-0.3, -0.25) is 4.79 Å². The Morgan fingerprint density at radius 3 is 2.64 bits per heavy atom. The first-order valence-corrected chi connectivity index (χ1v) is 9.53. The fraction of sp³-hybridized carbons (Fsp3) is 0.158. The van der Waals surface area contributed by atoms with Gasteiger partial charge >= 0.3 is 5.97 Å². The topological polar surface area (TPSA) is 94.3 Å². The molecule has 3 aromatic rings. The van der Waals surface area contributed by atoms with Crippen LogP contribution in [0, 0.1) is 6.92 Å². The third-order valence-corrected chi connectivity index (χ3v) is 4.83. The second-order valence-electron chi connectivity index (χ2n) is 5.74. The number of methoxy groups -OCH3 is 1. The molecule has 1 heterocycles. The highest BCUT2D eigenvalue weighted by Gasteiger charge is 2.13. The lowest BCUT2D eigenvalue weighted by molar-refractivity contribution is -0.113. The highest BCUT2D eigenvalue weighted by atomic mass is 35.5. The van der Waals surface area contributed by atoms with E-state index in [-0.39, 0.29) is 16.9 Å². The van der Waals surface area contributed by atoms with E-state index in [4.69, 9.17) is 20.8 Å². The molecule has 144 valence electrons. The van der Waals surface area contributed by atoms with Gasteiger partial charge in [-0.15, -0.1) is 10.2 Å². The molecule has 9 heteroatoms. The number of hydrogen-bond acceptors (Lipinski definition) is 7. The summed E-state index contributed by atoms with van der Waals surface area (Å²) in [4.78, 5) is 23.9. The summed E-state index contributed by atoms with van der Waals surface area (Å²) < 4.78 is 10.3. The van der Waals surface area contributed by atoms with E-state index in [2.05, 4.69) is 15.5 Å². The van der Waals surface area contributed by atoms with Crippen molar-refractivity contribution >= 4 is 40.9 Å². The van der Waals surface area contributed by atoms with E-state index in [9.17, 15) is 9.59 Å². The SMILES string of the molecule is COC(=O)c1ccc(C)c(NC(=O)CSc2nnc(-c3ccc(Cl)cc3)o2)c1. The Labute approximate surface area is 170 Å². The standard InChI is InChI=1S/C19H16ClN3O4S/c1-11-3-4-13(18(25)26-2)9-15(11)21-16(24)10-28-19-23-22-17(27-19)12-5-7-14(20)8-6-12/h3-9H,10H2,1-2H3,(H,21,24). The second kappa shape index (κ2) is 8.90. The van der Waals surface area contributed by atoms with Crippen molar-refractivity contribution in [3.8, 4) is 11.5 Å². The summed E-state index contributed by atoms with van der Waals surface area (Å²) in [5, 5.41) is 11.6. The van der Waals surface area contributed by atoms with E-state index in [0.29, 0.717) is 22.2 Å². The van der Waals surface area contributed by atoms with Crippen LogP contribution in [0.2, 0.25) is 5.02 Å². The lowest BCUT2D eigenvalue weighted by atomic mass is 10.1. The molecule has 0 saturated carbocycles. The number of aryl methyl sites for hydroxylation is 1. The van der Waals surface area contributed by atoms with Crippen LogP contribution in [0.5, 0.6) is 0 Å². The van der Waals surface area contributed by atoms with Gasteiger partial charge in [-0.2, -0.15) is 0 Å². The van der Waals surface area contributed by atoms with Crippen molar-refractivity contribution in [2.75, 3.05) is 18.2 Å². The summed E-state index contributed by atoms with van der Waals surface area (Å²) in [7, 11) is 1.31. The van der Waals surface area contributed by atoms with Crippen LogP contribution in [0.15, 0.2) is 52.1 Å². The predicted octanol–water partition coefficient (Wildman–Crippen LogP) is 4.22. The first-order chi connectivity index (χ1) is 13.5. The minimum atomic E-state index is -0.467. The Morgan fingerprint density at radius 2 is 1.93 bits per heavy atom. The monoisotopic (exact) mass is 417 g/mol. The average Bonchev–Trinajstić information content (AvgIpc) is 3.17. The first kappa shape index (κ1) is 19.9. The molecule has 2 aromatic carbocycles. The van der Waals surface area contributed by atoms with E-state index in [0.717, 1.165) is 22.9 Å². The van der Waals surface area contributed by atoms with Crippen LogP contribution in [0.4, 0.5) is 5.69 Å². The third-order valence-electron chi connectivity index (χ3n) is 3.76. The number of halogens is 1. The second-order valence-corrected chi connectivity index (χ2v) is 7.10. The molecule has 28 heavy (non-hydrogen) atoms. The van der Waals surface area contributed by atoms with E-state index in [1.807, 2.05) is 6.92 Å². The molecule has 1 amide bonds. The molecule has 3 rings (SSSR count). The van der Waals surface area contributed by atoms with Crippen LogP contribution < -0.4 is 5.32 Å². The van der Waals surface area contributed by atoms with Crippen LogP contribution >= 0.6 is 23.4 Å². The lowest BCUT2D eigenvalue weighted by Crippen LogP contribution is -2.15. The number of amides is 1. The van der Waals surface area contributed by atoms with Gasteiger partial charge in [0.2, 0.25) is 11.8 Å². The molecule has 0 spiro atoms. The highest BCUT2D eigenvalue weighted by molar-refractivity contribution is 7.99. The third kappa shape index (κ3) is 4.90. The molecule has 0 aliphatic rings. The Kier molecular flexibility index (Phi) is 6.33. The smallest absolute Gasteiger partial charge is 0.337 e. The van der Waals surface area contributed by atoms with Crippen LogP contribution in [0.3, 0.4) is 0 Å². The number of nitrogens with one attached hydrogen (secondary N) is 1. The molecule has 7 nitrogen and oxygen atoms in total. The zero-order chi connectivity index (χ0) is 20.1. The summed E-state index contributed by atoms with van der Waals surface area (Å²) >= 11 is 6.98. The molecule has 0 atom stereocenters. The summed E-state index contributed by atoms with van der Waals surface area (Å²) in [5.41, 5.74) is 2.47. The van der Waals surface area contributed by atoms with Crippen molar-refractivity contribution in [2.24, 2.45) is 0 Å². The van der Waals surface area contributed by atoms with Crippen LogP contribution in [-0.4, -0.2) is 34.9 Å². The van der Waals surface area contributed by atoms with Crippen LogP contribution in [0.1, 0.15) is 15.9 Å². The highest BCUT2D eigenvalue weighted by Crippen LogP contribution is 2.25. The summed E-state index contributed by atoms with van der Waals surface area (Å²) in [6, 6.07) is 12.0. The van der Waals surface area contributed by atoms with Gasteiger partial charge in [0.25, 0.3) is 5.22 Å². The minimum absolute atomic E-state index is 0.0736. The normalized spacial score (nSPS) is 10.5. The fourth-order valence-corrected chi connectivity index (χ4v) is 2.98. The molecular formula is C19H16ClN3O4S. The molecule has 0 aliphatic carbocycles. The van der Waals surface area contributed by atoms with Crippen molar-refractivity contribution in [3.05, 3.63) is 58.6 Å². The van der Waals surface area contributed by atoms with E-state index in [1.165, 1.54) is 7.11 Å². The Morgan fingerprint density at radius 1 is 1.18 bits per heavy atom. The van der Waals surface area contributed by atoms with E-state index >= 15 is 0 Å². The number of hydrogen-bond donors (Lipinski definition) is 1. The maximum atomic E-state index is 12.3. The quantitative estimate of drug-likeness (QED) is 0.474. The number of carbonyl (C=O) groups is 2. The lowest BCUT2D eigenvalue weighted by Gasteiger charge is -2.09. The maximum absolute atomic E-state index is 12.3. The minimum Gasteiger partial charge on any atom is -0.465 e. The van der Waals surface area contributed by atoms with Crippen molar-refractivity contribution in [1.29, 1.82) is 0 Å². The number of benzene rings is 2. The van der Waals surface area contributed by atoms with Crippen molar-refractivity contribution in [1.82, 2.24) is 10.2 Å². The van der Waals surface area contributed by atoms with Gasteiger partial charge in [-0.05, 0) is 48.9 Å². The predicted molar refractivity (Wildman–Crippen MR) is 107 cm³/mol. The number of carbonyl (C=O) groups excluding carboxylic acids is 2. The average molecular weight is 418 g/mol. The zero-order valence-corrected chi connectivity index (χ0v) is 16.6. The maximum Gasteiger partial charge on any atom is 0.337 e. The van der Waals surface area contributed by atoms with Gasteiger partial charge in [0.05, 0.1) is 18.4 Å². The molecule has 0 saturated heterocycles. The van der Waals surface area contributed by atoms with Gasteiger partial charge in [-0.1, -0.05) is 29.4 Å². The molecule has 0 aliphatic heterocycles. The summed E-state index contributed by atoms with van der Waals surface area (Å²) in [5.74, 6) is -0.308. The molecule has 0 unspecified atom stereocenters. The molecular weight excluding hydrogens is 402 g/mol. The largest absolute Gasteiger partial charge is 0.465 e. The number of anilines is 1. The fourth-order valence-electron chi connectivity index (χ4n) is 2.29. The number of nitrogens with zero attached hydrogens (tertiary/aromatic N) is 2. The number of esters is 1. The van der Waals surface area contributed by atoms with E-state index in [1.54, 1.807) is 42.5 Å². The van der Waals surface area contributed by atoms with Crippen LogP contribution in [0.25, 0.3) is 11.5 Å². The molecule has 0 radical (unpaired) electrons. The van der Waals surface area contributed by atoms with Crippen LogP contribution in [-0.2, 0) is 9.53 Å². The molecule has 0 fully saturated rings. The van der Waals surface area contributed by atoms with Crippen molar-refractivity contribution < 1.29 is 18.7 Å². The number of aromatic nitrogens is 2. The van der Waals surface area contributed by atoms with Gasteiger partial charge in [0, 0.05) is 16.3 Å². The Balaban J connectivity index is 1.61. The molecule has 1 N–H and O–H groups in total. The van der Waals surface area contributed by atoms with Gasteiger partial charge in [0.1, 0.15) is 0 Å². The van der Waals surface area contributed by atoms with Gasteiger partial charge < -0.3 is 14.5 Å². The Bertz CT molecular complexity index is 1000. The zero-order valence-electron chi connectivity index (χ0n) is 15.1. The van der Waals surface area contributed by atoms with Gasteiger partial charge in [0.15, 0.2) is 0 Å². The molecule has 0 bridgehead atoms. The summed E-state index contributed by atoms with van der Waals surface area (Å²) in [6.45, 7) is 1.83. The first-order valence-electron chi connectivity index (χ1n) is 8.17. The van der Waals surface area contributed by atoms with Gasteiger partial charge in [-0.25, -0.2) is 4.79 Å².